The van der Waals surface area contributed by atoms with Crippen LogP contribution in [0.2, 0.25) is 5.15 Å². The highest BCUT2D eigenvalue weighted by molar-refractivity contribution is 6.32. The Kier molecular flexibility index (Phi) is 3.64. The second-order valence-corrected chi connectivity index (χ2v) is 4.78. The number of amides is 1. The van der Waals surface area contributed by atoms with Gasteiger partial charge in [0.1, 0.15) is 0 Å². The Hall–Kier alpha value is -1.13. The van der Waals surface area contributed by atoms with Crippen LogP contribution in [0.25, 0.3) is 0 Å². The Balaban J connectivity index is 2.13. The minimum Gasteiger partial charge on any atom is -0.323 e. The first-order chi connectivity index (χ1) is 8.09. The number of nitrogens with one attached hydrogen (secondary N) is 2. The quantitative estimate of drug-likeness (QED) is 0.793. The van der Waals surface area contributed by atoms with Crippen molar-refractivity contribution in [2.24, 2.45) is 5.92 Å². The Morgan fingerprint density at radius 1 is 1.65 bits per heavy atom. The van der Waals surface area contributed by atoms with Gasteiger partial charge in [-0.25, -0.2) is 4.98 Å². The van der Waals surface area contributed by atoms with Gasteiger partial charge in [-0.2, -0.15) is 0 Å². The Morgan fingerprint density at radius 3 is 3.00 bits per heavy atom. The van der Waals surface area contributed by atoms with Gasteiger partial charge in [0.15, 0.2) is 5.15 Å². The number of hydrogen-bond acceptors (Lipinski definition) is 3. The molecule has 0 bridgehead atoms. The van der Waals surface area contributed by atoms with Crippen LogP contribution in [-0.4, -0.2) is 23.5 Å². The van der Waals surface area contributed by atoms with Crippen LogP contribution in [0.4, 0.5) is 5.69 Å². The summed E-state index contributed by atoms with van der Waals surface area (Å²) in [6.07, 6.45) is 2.50. The largest absolute Gasteiger partial charge is 0.323 e. The van der Waals surface area contributed by atoms with E-state index < -0.39 is 0 Å². The van der Waals surface area contributed by atoms with Gasteiger partial charge in [0, 0.05) is 12.2 Å². The van der Waals surface area contributed by atoms with Crippen molar-refractivity contribution in [3.8, 4) is 0 Å². The van der Waals surface area contributed by atoms with Crippen molar-refractivity contribution >= 4 is 23.2 Å². The van der Waals surface area contributed by atoms with E-state index in [2.05, 4.69) is 15.6 Å². The molecule has 17 heavy (non-hydrogen) atoms. The predicted molar refractivity (Wildman–Crippen MR) is 68.2 cm³/mol. The number of carbonyl (C=O) groups excluding carboxylic acids is 1. The van der Waals surface area contributed by atoms with Crippen molar-refractivity contribution in [3.05, 3.63) is 23.0 Å². The van der Waals surface area contributed by atoms with Gasteiger partial charge in [0.2, 0.25) is 5.91 Å². The summed E-state index contributed by atoms with van der Waals surface area (Å²) >= 11 is 5.98. The van der Waals surface area contributed by atoms with Crippen LogP contribution >= 0.6 is 11.6 Å². The second-order valence-electron chi connectivity index (χ2n) is 4.42. The zero-order chi connectivity index (χ0) is 12.4. The van der Waals surface area contributed by atoms with Crippen molar-refractivity contribution < 1.29 is 4.79 Å². The third-order valence-corrected chi connectivity index (χ3v) is 3.51. The number of hydrogen-bond donors (Lipinski definition) is 2. The minimum absolute atomic E-state index is 0.00525. The first kappa shape index (κ1) is 12.3. The lowest BCUT2D eigenvalue weighted by Gasteiger charge is -2.16. The molecule has 5 heteroatoms. The van der Waals surface area contributed by atoms with Crippen LogP contribution in [0.1, 0.15) is 18.9 Å². The van der Waals surface area contributed by atoms with E-state index in [4.69, 9.17) is 11.6 Å². The van der Waals surface area contributed by atoms with Gasteiger partial charge in [-0.3, -0.25) is 4.79 Å². The summed E-state index contributed by atoms with van der Waals surface area (Å²) in [5.41, 5.74) is 1.55. The highest BCUT2D eigenvalue weighted by Gasteiger charge is 2.29. The molecule has 0 radical (unpaired) electrons. The maximum Gasteiger partial charge on any atom is 0.229 e. The lowest BCUT2D eigenvalue weighted by Crippen LogP contribution is -2.32. The normalized spacial score (nSPS) is 23.7. The number of nitrogens with zero attached hydrogens (tertiary/aromatic N) is 1. The second kappa shape index (κ2) is 5.02. The molecule has 0 aromatic carbocycles. The summed E-state index contributed by atoms with van der Waals surface area (Å²) in [5, 5.41) is 6.48. The summed E-state index contributed by atoms with van der Waals surface area (Å²) in [6.45, 7) is 4.81. The standard InChI is InChI=1S/C12H16ClN3O/c1-7-3-5-15-11(13)10(7)16-12(17)9-4-6-14-8(9)2/h3,5,8-9,14H,4,6H2,1-2H3,(H,16,17). The summed E-state index contributed by atoms with van der Waals surface area (Å²) < 4.78 is 0. The van der Waals surface area contributed by atoms with Crippen molar-refractivity contribution in [2.75, 3.05) is 11.9 Å². The Labute approximate surface area is 106 Å². The highest BCUT2D eigenvalue weighted by atomic mass is 35.5. The lowest BCUT2D eigenvalue weighted by molar-refractivity contribution is -0.120. The summed E-state index contributed by atoms with van der Waals surface area (Å²) in [5.74, 6) is 0.0196. The van der Waals surface area contributed by atoms with E-state index in [1.54, 1.807) is 6.20 Å². The number of halogens is 1. The van der Waals surface area contributed by atoms with Gasteiger partial charge in [-0.1, -0.05) is 11.6 Å². The van der Waals surface area contributed by atoms with E-state index in [-0.39, 0.29) is 17.9 Å². The molecule has 92 valence electrons. The molecule has 1 aromatic heterocycles. The number of rotatable bonds is 2. The SMILES string of the molecule is Cc1ccnc(Cl)c1NC(=O)C1CCNC1C. The number of anilines is 1. The zero-order valence-electron chi connectivity index (χ0n) is 9.96. The van der Waals surface area contributed by atoms with E-state index in [1.807, 2.05) is 19.9 Å². The van der Waals surface area contributed by atoms with Crippen LogP contribution in [0.3, 0.4) is 0 Å². The molecule has 2 rings (SSSR count). The molecule has 2 atom stereocenters. The number of carbonyl (C=O) groups is 1. The van der Waals surface area contributed by atoms with Gasteiger partial charge < -0.3 is 10.6 Å². The molecule has 1 aromatic rings. The molecule has 1 aliphatic rings. The third kappa shape index (κ3) is 2.58. The van der Waals surface area contributed by atoms with Gasteiger partial charge in [-0.15, -0.1) is 0 Å². The fraction of sp³-hybridized carbons (Fsp3) is 0.500. The molecule has 2 unspecified atom stereocenters. The molecular weight excluding hydrogens is 238 g/mol. The van der Waals surface area contributed by atoms with Crippen molar-refractivity contribution in [1.29, 1.82) is 0 Å². The molecule has 1 saturated heterocycles. The van der Waals surface area contributed by atoms with E-state index in [9.17, 15) is 4.79 Å². The number of aromatic nitrogens is 1. The molecule has 0 saturated carbocycles. The first-order valence-corrected chi connectivity index (χ1v) is 6.12. The molecule has 0 spiro atoms. The maximum absolute atomic E-state index is 12.1. The topological polar surface area (TPSA) is 54.0 Å². The van der Waals surface area contributed by atoms with Crippen molar-refractivity contribution in [3.63, 3.8) is 0 Å². The summed E-state index contributed by atoms with van der Waals surface area (Å²) in [4.78, 5) is 16.1. The van der Waals surface area contributed by atoms with E-state index in [1.165, 1.54) is 0 Å². The Morgan fingerprint density at radius 2 is 2.41 bits per heavy atom. The van der Waals surface area contributed by atoms with Crippen LogP contribution in [0.5, 0.6) is 0 Å². The molecule has 1 fully saturated rings. The van der Waals surface area contributed by atoms with E-state index >= 15 is 0 Å². The van der Waals surface area contributed by atoms with E-state index in [0.717, 1.165) is 18.5 Å². The van der Waals surface area contributed by atoms with Crippen LogP contribution in [-0.2, 0) is 4.79 Å². The molecule has 1 amide bonds. The average Bonchev–Trinajstić information content (AvgIpc) is 2.70. The summed E-state index contributed by atoms with van der Waals surface area (Å²) in [7, 11) is 0. The molecule has 2 heterocycles. The minimum atomic E-state index is 0.00525. The van der Waals surface area contributed by atoms with E-state index in [0.29, 0.717) is 10.8 Å². The van der Waals surface area contributed by atoms with Crippen LogP contribution in [0.15, 0.2) is 12.3 Å². The number of aryl methyl sites for hydroxylation is 1. The van der Waals surface area contributed by atoms with Crippen molar-refractivity contribution in [1.82, 2.24) is 10.3 Å². The maximum atomic E-state index is 12.1. The smallest absolute Gasteiger partial charge is 0.229 e. The first-order valence-electron chi connectivity index (χ1n) is 5.75. The molecule has 2 N–H and O–H groups in total. The fourth-order valence-corrected chi connectivity index (χ4v) is 2.36. The van der Waals surface area contributed by atoms with Gasteiger partial charge in [0.05, 0.1) is 11.6 Å². The predicted octanol–water partition coefficient (Wildman–Crippen LogP) is 1.98. The van der Waals surface area contributed by atoms with Gasteiger partial charge in [0.25, 0.3) is 0 Å². The number of pyridine rings is 1. The molecule has 1 aliphatic heterocycles. The van der Waals surface area contributed by atoms with Crippen LogP contribution < -0.4 is 10.6 Å². The zero-order valence-corrected chi connectivity index (χ0v) is 10.7. The summed E-state index contributed by atoms with van der Waals surface area (Å²) in [6, 6.07) is 2.04. The van der Waals surface area contributed by atoms with Gasteiger partial charge in [-0.05, 0) is 38.4 Å². The van der Waals surface area contributed by atoms with Gasteiger partial charge >= 0.3 is 0 Å². The van der Waals surface area contributed by atoms with Crippen molar-refractivity contribution in [2.45, 2.75) is 26.3 Å². The lowest BCUT2D eigenvalue weighted by atomic mass is 10.0. The molecule has 4 nitrogen and oxygen atoms in total. The van der Waals surface area contributed by atoms with Crippen LogP contribution in [0, 0.1) is 12.8 Å². The highest BCUT2D eigenvalue weighted by Crippen LogP contribution is 2.25. The third-order valence-electron chi connectivity index (χ3n) is 3.22. The molecule has 0 aliphatic carbocycles. The molecular formula is C12H16ClN3O. The average molecular weight is 254 g/mol. The monoisotopic (exact) mass is 253 g/mol. The Bertz CT molecular complexity index is 416. The fourth-order valence-electron chi connectivity index (χ4n) is 2.11.